The van der Waals surface area contributed by atoms with E-state index in [9.17, 15) is 9.59 Å². The summed E-state index contributed by atoms with van der Waals surface area (Å²) in [5.41, 5.74) is 14.7. The number of ether oxygens (including phenoxy) is 1. The number of urea groups is 1. The number of aromatic amines is 1. The molecule has 1 heterocycles. The molecule has 146 valence electrons. The number of amides is 3. The van der Waals surface area contributed by atoms with Gasteiger partial charge in [-0.15, -0.1) is 0 Å². The van der Waals surface area contributed by atoms with Gasteiger partial charge in [0.25, 0.3) is 5.91 Å². The second-order valence-electron chi connectivity index (χ2n) is 6.36. The topological polar surface area (TPSA) is 135 Å². The van der Waals surface area contributed by atoms with E-state index in [-0.39, 0.29) is 11.4 Å². The Hall–Kier alpha value is -3.36. The van der Waals surface area contributed by atoms with E-state index in [2.05, 4.69) is 27.8 Å². The van der Waals surface area contributed by atoms with Crippen molar-refractivity contribution in [3.05, 3.63) is 53.6 Å². The molecule has 0 bridgehead atoms. The molecule has 0 aliphatic carbocycles. The Balaban J connectivity index is 1.92. The summed E-state index contributed by atoms with van der Waals surface area (Å²) in [7, 11) is 1.67. The van der Waals surface area contributed by atoms with Gasteiger partial charge in [0.2, 0.25) is 0 Å². The second kappa shape index (κ2) is 8.55. The summed E-state index contributed by atoms with van der Waals surface area (Å²) in [4.78, 5) is 26.0. The Morgan fingerprint density at radius 3 is 2.61 bits per heavy atom. The van der Waals surface area contributed by atoms with E-state index < -0.39 is 11.9 Å². The number of nitrogens with two attached hydrogens (primary N) is 2. The normalized spacial score (nSPS) is 10.9. The van der Waals surface area contributed by atoms with Crippen LogP contribution in [0.25, 0.3) is 22.0 Å². The maximum absolute atomic E-state index is 11.8. The molecule has 0 atom stereocenters. The van der Waals surface area contributed by atoms with Crippen molar-refractivity contribution in [2.24, 2.45) is 11.5 Å². The van der Waals surface area contributed by atoms with E-state index in [1.54, 1.807) is 13.2 Å². The average Bonchev–Trinajstić information content (AvgIpc) is 3.02. The Morgan fingerprint density at radius 1 is 1.11 bits per heavy atom. The number of benzene rings is 2. The van der Waals surface area contributed by atoms with Crippen LogP contribution in [0.5, 0.6) is 0 Å². The summed E-state index contributed by atoms with van der Waals surface area (Å²) < 4.78 is 5.03. The summed E-state index contributed by atoms with van der Waals surface area (Å²) in [6.45, 7) is 2.17. The lowest BCUT2D eigenvalue weighted by atomic mass is 10.0. The number of hydrogen-bond donors (Lipinski definition) is 5. The lowest BCUT2D eigenvalue weighted by molar-refractivity contribution is 0.100. The van der Waals surface area contributed by atoms with E-state index in [1.165, 1.54) is 0 Å². The Bertz CT molecular complexity index is 1010. The number of hydrogen-bond acceptors (Lipinski definition) is 4. The molecule has 0 aliphatic rings. The summed E-state index contributed by atoms with van der Waals surface area (Å²) in [6.07, 6.45) is 0. The quantitative estimate of drug-likeness (QED) is 0.382. The van der Waals surface area contributed by atoms with Crippen molar-refractivity contribution >= 4 is 28.7 Å². The van der Waals surface area contributed by atoms with Crippen LogP contribution in [0.2, 0.25) is 0 Å². The minimum atomic E-state index is -0.775. The number of carbonyl (C=O) groups is 2. The Kier molecular flexibility index (Phi) is 5.93. The molecule has 8 heteroatoms. The number of nitrogens with one attached hydrogen (secondary N) is 3. The molecule has 3 amide bonds. The van der Waals surface area contributed by atoms with Crippen LogP contribution < -0.4 is 22.1 Å². The molecular weight excluding hydrogens is 358 g/mol. The summed E-state index contributed by atoms with van der Waals surface area (Å²) >= 11 is 0. The fraction of sp³-hybridized carbons (Fsp3) is 0.200. The smallest absolute Gasteiger partial charge is 0.317 e. The van der Waals surface area contributed by atoms with Gasteiger partial charge in [0.1, 0.15) is 5.82 Å². The van der Waals surface area contributed by atoms with Crippen molar-refractivity contribution in [3.8, 4) is 11.1 Å². The van der Waals surface area contributed by atoms with E-state index in [4.69, 9.17) is 16.2 Å². The molecule has 3 aromatic rings. The third-order valence-electron chi connectivity index (χ3n) is 4.37. The van der Waals surface area contributed by atoms with Gasteiger partial charge in [0.15, 0.2) is 0 Å². The average molecular weight is 381 g/mol. The molecule has 8 nitrogen and oxygen atoms in total. The zero-order valence-corrected chi connectivity index (χ0v) is 15.5. The van der Waals surface area contributed by atoms with Crippen molar-refractivity contribution in [2.45, 2.75) is 6.54 Å². The highest BCUT2D eigenvalue weighted by Crippen LogP contribution is 2.30. The van der Waals surface area contributed by atoms with Gasteiger partial charge in [0.05, 0.1) is 12.2 Å². The zero-order valence-electron chi connectivity index (χ0n) is 15.5. The number of rotatable bonds is 8. The number of carbonyl (C=O) groups excluding carboxylic acids is 2. The van der Waals surface area contributed by atoms with Crippen LogP contribution in [-0.4, -0.2) is 37.2 Å². The number of aromatic nitrogens is 1. The van der Waals surface area contributed by atoms with Crippen LogP contribution in [0.15, 0.2) is 42.5 Å². The van der Waals surface area contributed by atoms with Crippen molar-refractivity contribution in [3.63, 3.8) is 0 Å². The highest BCUT2D eigenvalue weighted by molar-refractivity contribution is 6.13. The molecule has 28 heavy (non-hydrogen) atoms. The molecule has 0 fully saturated rings. The molecule has 0 radical (unpaired) electrons. The molecule has 2 aromatic carbocycles. The molecule has 3 rings (SSSR count). The first-order valence-corrected chi connectivity index (χ1v) is 8.80. The number of fused-ring (bicyclic) bond motifs is 1. The summed E-state index contributed by atoms with van der Waals surface area (Å²) in [5.74, 6) is -0.449. The standard InChI is InChI=1S/C20H23N5O3/c1-28-8-7-23-11-12-3-2-4-13(9-12)14-5-6-15-16(10-14)24-19(25-20(22)27)17(15)18(21)26/h2-6,9-10,23-24H,7-8,11H2,1H3,(H2,21,26)(H3,22,25,27). The summed E-state index contributed by atoms with van der Waals surface area (Å²) in [5, 5.41) is 6.35. The zero-order chi connectivity index (χ0) is 20.1. The Morgan fingerprint density at radius 2 is 1.89 bits per heavy atom. The number of anilines is 1. The second-order valence-corrected chi connectivity index (χ2v) is 6.36. The van der Waals surface area contributed by atoms with E-state index >= 15 is 0 Å². The highest BCUT2D eigenvalue weighted by atomic mass is 16.5. The van der Waals surface area contributed by atoms with Gasteiger partial charge >= 0.3 is 6.03 Å². The molecule has 0 unspecified atom stereocenters. The highest BCUT2D eigenvalue weighted by Gasteiger charge is 2.17. The minimum absolute atomic E-state index is 0.197. The van der Waals surface area contributed by atoms with Crippen molar-refractivity contribution in [1.82, 2.24) is 10.3 Å². The minimum Gasteiger partial charge on any atom is -0.383 e. The molecule has 0 saturated carbocycles. The van der Waals surface area contributed by atoms with Gasteiger partial charge < -0.3 is 26.5 Å². The van der Waals surface area contributed by atoms with Crippen molar-refractivity contribution in [1.29, 1.82) is 0 Å². The molecule has 0 spiro atoms. The van der Waals surface area contributed by atoms with E-state index in [0.717, 1.165) is 29.8 Å². The third kappa shape index (κ3) is 4.30. The van der Waals surface area contributed by atoms with Crippen LogP contribution in [-0.2, 0) is 11.3 Å². The van der Waals surface area contributed by atoms with Gasteiger partial charge in [-0.3, -0.25) is 10.1 Å². The maximum atomic E-state index is 11.8. The first-order valence-electron chi connectivity index (χ1n) is 8.80. The lowest BCUT2D eigenvalue weighted by Crippen LogP contribution is -2.22. The van der Waals surface area contributed by atoms with Gasteiger partial charge in [0, 0.05) is 31.1 Å². The predicted octanol–water partition coefficient (Wildman–Crippen LogP) is 2.16. The van der Waals surface area contributed by atoms with Crippen LogP contribution in [0.3, 0.4) is 0 Å². The monoisotopic (exact) mass is 381 g/mol. The van der Waals surface area contributed by atoms with Crippen molar-refractivity contribution < 1.29 is 14.3 Å². The van der Waals surface area contributed by atoms with E-state index in [0.29, 0.717) is 17.5 Å². The van der Waals surface area contributed by atoms with Gasteiger partial charge in [-0.25, -0.2) is 4.79 Å². The number of H-pyrrole nitrogens is 1. The Labute approximate surface area is 162 Å². The SMILES string of the molecule is COCCNCc1cccc(-c2ccc3c(C(N)=O)c(NC(N)=O)[nH]c3c2)c1. The van der Waals surface area contributed by atoms with Crippen molar-refractivity contribution in [2.75, 3.05) is 25.6 Å². The molecule has 0 saturated heterocycles. The molecular formula is C20H23N5O3. The van der Waals surface area contributed by atoms with Gasteiger partial charge in [-0.1, -0.05) is 30.3 Å². The summed E-state index contributed by atoms with van der Waals surface area (Å²) in [6, 6.07) is 13.0. The third-order valence-corrected chi connectivity index (χ3v) is 4.37. The van der Waals surface area contributed by atoms with Crippen LogP contribution in [0.4, 0.5) is 10.6 Å². The number of primary amides is 2. The van der Waals surface area contributed by atoms with Crippen LogP contribution in [0, 0.1) is 0 Å². The first kappa shape index (κ1) is 19.4. The van der Waals surface area contributed by atoms with Crippen LogP contribution in [0.1, 0.15) is 15.9 Å². The predicted molar refractivity (Wildman–Crippen MR) is 109 cm³/mol. The van der Waals surface area contributed by atoms with Crippen LogP contribution >= 0.6 is 0 Å². The fourth-order valence-electron chi connectivity index (χ4n) is 3.12. The number of methoxy groups -OCH3 is 1. The van der Waals surface area contributed by atoms with Gasteiger partial charge in [-0.05, 0) is 28.8 Å². The van der Waals surface area contributed by atoms with E-state index in [1.807, 2.05) is 24.3 Å². The molecule has 0 aliphatic heterocycles. The lowest BCUT2D eigenvalue weighted by Gasteiger charge is -2.07. The molecule has 1 aromatic heterocycles. The van der Waals surface area contributed by atoms with Gasteiger partial charge in [-0.2, -0.15) is 0 Å². The molecule has 7 N–H and O–H groups in total. The maximum Gasteiger partial charge on any atom is 0.317 e. The largest absolute Gasteiger partial charge is 0.383 e. The first-order chi connectivity index (χ1) is 13.5. The fourth-order valence-corrected chi connectivity index (χ4v) is 3.12.